The van der Waals surface area contributed by atoms with E-state index < -0.39 is 5.97 Å². The van der Waals surface area contributed by atoms with Crippen molar-refractivity contribution in [3.63, 3.8) is 0 Å². The lowest BCUT2D eigenvalue weighted by Crippen LogP contribution is -2.38. The largest absolute Gasteiger partial charge is 0.480 e. The number of carboxylic acids is 1. The number of rotatable bonds is 8. The zero-order chi connectivity index (χ0) is 19.3. The zero-order valence-corrected chi connectivity index (χ0v) is 15.7. The summed E-state index contributed by atoms with van der Waals surface area (Å²) < 4.78 is 7.11. The van der Waals surface area contributed by atoms with Gasteiger partial charge in [-0.2, -0.15) is 0 Å². The van der Waals surface area contributed by atoms with Crippen molar-refractivity contribution in [1.29, 1.82) is 0 Å². The van der Waals surface area contributed by atoms with Crippen LogP contribution in [0.25, 0.3) is 0 Å². The number of carboxylic acid groups (broad SMARTS) is 1. The highest BCUT2D eigenvalue weighted by molar-refractivity contribution is 5.97. The highest BCUT2D eigenvalue weighted by atomic mass is 16.5. The van der Waals surface area contributed by atoms with Crippen molar-refractivity contribution in [3.8, 4) is 0 Å². The van der Waals surface area contributed by atoms with Crippen molar-refractivity contribution >= 4 is 11.9 Å². The van der Waals surface area contributed by atoms with E-state index in [1.54, 1.807) is 0 Å². The first-order valence-electron chi connectivity index (χ1n) is 8.60. The van der Waals surface area contributed by atoms with Crippen LogP contribution in [0.5, 0.6) is 0 Å². The molecule has 1 aromatic heterocycles. The number of hydrogen-bond donors (Lipinski definition) is 1. The summed E-state index contributed by atoms with van der Waals surface area (Å²) in [6.07, 6.45) is 0. The summed E-state index contributed by atoms with van der Waals surface area (Å²) in [5, 5.41) is 9.11. The van der Waals surface area contributed by atoms with Crippen molar-refractivity contribution in [2.75, 3.05) is 26.8 Å². The van der Waals surface area contributed by atoms with Crippen LogP contribution in [0.4, 0.5) is 0 Å². The number of aromatic nitrogens is 1. The SMILES string of the molecule is COCCN(CC(=O)O)C(=O)c1cc(C)n(C(C)c2ccccc2)c1C. The van der Waals surface area contributed by atoms with Gasteiger partial charge >= 0.3 is 5.97 Å². The molecule has 6 nitrogen and oxygen atoms in total. The van der Waals surface area contributed by atoms with Crippen LogP contribution in [0, 0.1) is 13.8 Å². The minimum Gasteiger partial charge on any atom is -0.480 e. The molecule has 1 aromatic carbocycles. The molecule has 1 atom stereocenters. The number of methoxy groups -OCH3 is 1. The maximum atomic E-state index is 12.9. The van der Waals surface area contributed by atoms with Gasteiger partial charge in [-0.15, -0.1) is 0 Å². The fourth-order valence-electron chi connectivity index (χ4n) is 3.26. The second-order valence-corrected chi connectivity index (χ2v) is 6.35. The molecule has 0 spiro atoms. The van der Waals surface area contributed by atoms with Crippen molar-refractivity contribution in [2.24, 2.45) is 0 Å². The number of carbonyl (C=O) groups excluding carboxylic acids is 1. The smallest absolute Gasteiger partial charge is 0.323 e. The van der Waals surface area contributed by atoms with Crippen molar-refractivity contribution in [3.05, 3.63) is 58.9 Å². The van der Waals surface area contributed by atoms with Crippen molar-refractivity contribution in [2.45, 2.75) is 26.8 Å². The molecule has 26 heavy (non-hydrogen) atoms. The summed E-state index contributed by atoms with van der Waals surface area (Å²) >= 11 is 0. The molecule has 0 aliphatic rings. The molecular formula is C20H26N2O4. The Morgan fingerprint density at radius 1 is 1.23 bits per heavy atom. The molecule has 2 aromatic rings. The second kappa shape index (κ2) is 8.67. The van der Waals surface area contributed by atoms with E-state index in [4.69, 9.17) is 9.84 Å². The Morgan fingerprint density at radius 3 is 2.46 bits per heavy atom. The molecule has 0 bridgehead atoms. The van der Waals surface area contributed by atoms with Crippen LogP contribution >= 0.6 is 0 Å². The quantitative estimate of drug-likeness (QED) is 0.788. The molecule has 2 rings (SSSR count). The number of benzene rings is 1. The number of aryl methyl sites for hydroxylation is 1. The third-order valence-corrected chi connectivity index (χ3v) is 4.56. The van der Waals surface area contributed by atoms with Gasteiger partial charge < -0.3 is 19.3 Å². The fourth-order valence-corrected chi connectivity index (χ4v) is 3.26. The van der Waals surface area contributed by atoms with Gasteiger partial charge in [0.05, 0.1) is 18.2 Å². The summed E-state index contributed by atoms with van der Waals surface area (Å²) in [7, 11) is 1.52. The Morgan fingerprint density at radius 2 is 1.88 bits per heavy atom. The standard InChI is InChI=1S/C20H26N2O4/c1-14-12-18(20(25)21(10-11-26-4)13-19(23)24)16(3)22(14)15(2)17-8-6-5-7-9-17/h5-9,12,15H,10-11,13H2,1-4H3,(H,23,24). The van der Waals surface area contributed by atoms with Crippen LogP contribution in [-0.4, -0.2) is 53.3 Å². The number of ether oxygens (including phenoxy) is 1. The summed E-state index contributed by atoms with van der Waals surface area (Å²) in [6, 6.07) is 12.0. The first-order chi connectivity index (χ1) is 12.4. The normalized spacial score (nSPS) is 12.0. The molecule has 0 aliphatic heterocycles. The zero-order valence-electron chi connectivity index (χ0n) is 15.7. The van der Waals surface area contributed by atoms with Gasteiger partial charge in [0.1, 0.15) is 6.54 Å². The van der Waals surface area contributed by atoms with Gasteiger partial charge in [0.2, 0.25) is 0 Å². The van der Waals surface area contributed by atoms with E-state index in [9.17, 15) is 9.59 Å². The highest BCUT2D eigenvalue weighted by Crippen LogP contribution is 2.26. The summed E-state index contributed by atoms with van der Waals surface area (Å²) in [4.78, 5) is 25.4. The molecule has 0 saturated heterocycles. The first kappa shape index (κ1) is 19.7. The van der Waals surface area contributed by atoms with Crippen LogP contribution in [0.1, 0.15) is 40.3 Å². The summed E-state index contributed by atoms with van der Waals surface area (Å²) in [5.41, 5.74) is 3.47. The van der Waals surface area contributed by atoms with Gasteiger partial charge in [-0.3, -0.25) is 9.59 Å². The van der Waals surface area contributed by atoms with Gasteiger partial charge in [0, 0.05) is 25.0 Å². The Balaban J connectivity index is 2.35. The Bertz CT molecular complexity index is 768. The van der Waals surface area contributed by atoms with Gasteiger partial charge in [-0.1, -0.05) is 30.3 Å². The highest BCUT2D eigenvalue weighted by Gasteiger charge is 2.24. The monoisotopic (exact) mass is 358 g/mol. The lowest BCUT2D eigenvalue weighted by molar-refractivity contribution is -0.137. The van der Waals surface area contributed by atoms with Crippen molar-refractivity contribution < 1.29 is 19.4 Å². The Hall–Kier alpha value is -2.60. The van der Waals surface area contributed by atoms with Crippen LogP contribution in [-0.2, 0) is 9.53 Å². The van der Waals surface area contributed by atoms with Crippen LogP contribution in [0.2, 0.25) is 0 Å². The molecular weight excluding hydrogens is 332 g/mol. The van der Waals surface area contributed by atoms with E-state index in [1.807, 2.05) is 38.1 Å². The molecule has 0 fully saturated rings. The molecule has 1 unspecified atom stereocenters. The predicted octanol–water partition coefficient (Wildman–Crippen LogP) is 2.89. The number of aliphatic carboxylic acids is 1. The van der Waals surface area contributed by atoms with Crippen LogP contribution in [0.15, 0.2) is 36.4 Å². The molecule has 0 saturated carbocycles. The first-order valence-corrected chi connectivity index (χ1v) is 8.60. The number of amides is 1. The maximum absolute atomic E-state index is 12.9. The Kier molecular flexibility index (Phi) is 6.58. The third-order valence-electron chi connectivity index (χ3n) is 4.56. The minimum atomic E-state index is -1.04. The van der Waals surface area contributed by atoms with Gasteiger partial charge in [0.15, 0.2) is 0 Å². The number of carbonyl (C=O) groups is 2. The Labute approximate surface area is 154 Å². The van der Waals surface area contributed by atoms with E-state index in [0.717, 1.165) is 17.0 Å². The van der Waals surface area contributed by atoms with Crippen LogP contribution in [0.3, 0.4) is 0 Å². The molecule has 140 valence electrons. The van der Waals surface area contributed by atoms with E-state index in [-0.39, 0.29) is 31.6 Å². The van der Waals surface area contributed by atoms with Crippen molar-refractivity contribution in [1.82, 2.24) is 9.47 Å². The van der Waals surface area contributed by atoms with Gasteiger partial charge in [-0.25, -0.2) is 0 Å². The minimum absolute atomic E-state index is 0.0737. The lowest BCUT2D eigenvalue weighted by atomic mass is 10.1. The summed E-state index contributed by atoms with van der Waals surface area (Å²) in [5.74, 6) is -1.33. The van der Waals surface area contributed by atoms with Crippen LogP contribution < -0.4 is 0 Å². The van der Waals surface area contributed by atoms with E-state index in [2.05, 4.69) is 23.6 Å². The predicted molar refractivity (Wildman–Crippen MR) is 99.6 cm³/mol. The second-order valence-electron chi connectivity index (χ2n) is 6.35. The molecule has 0 radical (unpaired) electrons. The number of nitrogens with zero attached hydrogens (tertiary/aromatic N) is 2. The van der Waals surface area contributed by atoms with E-state index >= 15 is 0 Å². The number of hydrogen-bond acceptors (Lipinski definition) is 3. The fraction of sp³-hybridized carbons (Fsp3) is 0.400. The third kappa shape index (κ3) is 4.32. The lowest BCUT2D eigenvalue weighted by Gasteiger charge is -2.22. The van der Waals surface area contributed by atoms with E-state index in [0.29, 0.717) is 5.56 Å². The summed E-state index contributed by atoms with van der Waals surface area (Å²) in [6.45, 7) is 6.12. The molecule has 1 heterocycles. The molecule has 0 aliphatic carbocycles. The molecule has 1 N–H and O–H groups in total. The average Bonchev–Trinajstić information content (AvgIpc) is 2.92. The van der Waals surface area contributed by atoms with Gasteiger partial charge in [0.25, 0.3) is 5.91 Å². The maximum Gasteiger partial charge on any atom is 0.323 e. The molecule has 6 heteroatoms. The average molecular weight is 358 g/mol. The molecule has 1 amide bonds. The van der Waals surface area contributed by atoms with Gasteiger partial charge in [-0.05, 0) is 32.4 Å². The topological polar surface area (TPSA) is 71.8 Å². The van der Waals surface area contributed by atoms with E-state index in [1.165, 1.54) is 12.0 Å².